The molecule has 4 nitrogen and oxygen atoms in total. The molecular weight excluding hydrogens is 256 g/mol. The number of thiophene rings is 1. The van der Waals surface area contributed by atoms with Crippen molar-refractivity contribution in [3.05, 3.63) is 17.5 Å². The van der Waals surface area contributed by atoms with Crippen molar-refractivity contribution in [2.75, 3.05) is 6.54 Å². The predicted octanol–water partition coefficient (Wildman–Crippen LogP) is 1.19. The maximum absolute atomic E-state index is 11.6. The summed E-state index contributed by atoms with van der Waals surface area (Å²) in [6.07, 6.45) is 0. The summed E-state index contributed by atoms with van der Waals surface area (Å²) in [7, 11) is -3.36. The smallest absolute Gasteiger partial charge is 0.250 e. The quantitative estimate of drug-likeness (QED) is 0.863. The van der Waals surface area contributed by atoms with Crippen molar-refractivity contribution in [3.8, 4) is 0 Å². The summed E-state index contributed by atoms with van der Waals surface area (Å²) in [5, 5.41) is 1.72. The van der Waals surface area contributed by atoms with E-state index in [1.807, 2.05) is 0 Å². The molecule has 88 valence electrons. The summed E-state index contributed by atoms with van der Waals surface area (Å²) in [6.45, 7) is 3.76. The Hall–Kier alpha value is -0.140. The molecule has 0 aliphatic carbocycles. The second-order valence-corrected chi connectivity index (χ2v) is 6.69. The van der Waals surface area contributed by atoms with Crippen LogP contribution in [0.5, 0.6) is 0 Å². The summed E-state index contributed by atoms with van der Waals surface area (Å²) >= 11 is 1.19. The number of hydrogen-bond acceptors (Lipinski definition) is 4. The number of nitrogens with two attached hydrogens (primary N) is 1. The summed E-state index contributed by atoms with van der Waals surface area (Å²) in [5.74, 6) is 0. The van der Waals surface area contributed by atoms with E-state index in [-0.39, 0.29) is 19.0 Å². The van der Waals surface area contributed by atoms with Gasteiger partial charge in [-0.25, -0.2) is 13.1 Å². The van der Waals surface area contributed by atoms with Crippen molar-refractivity contribution in [2.24, 2.45) is 5.73 Å². The van der Waals surface area contributed by atoms with Gasteiger partial charge in [-0.2, -0.15) is 0 Å². The Morgan fingerprint density at radius 2 is 2.13 bits per heavy atom. The summed E-state index contributed by atoms with van der Waals surface area (Å²) in [5.41, 5.74) is 5.14. The van der Waals surface area contributed by atoms with Crippen LogP contribution in [0.25, 0.3) is 0 Å². The van der Waals surface area contributed by atoms with Gasteiger partial charge >= 0.3 is 0 Å². The van der Waals surface area contributed by atoms with E-state index in [0.717, 1.165) is 0 Å². The lowest BCUT2D eigenvalue weighted by Gasteiger charge is -2.18. The van der Waals surface area contributed by atoms with E-state index in [1.165, 1.54) is 11.3 Å². The van der Waals surface area contributed by atoms with Gasteiger partial charge < -0.3 is 5.73 Å². The monoisotopic (exact) mass is 270 g/mol. The van der Waals surface area contributed by atoms with Crippen LogP contribution in [0, 0.1) is 0 Å². The van der Waals surface area contributed by atoms with Gasteiger partial charge in [-0.05, 0) is 25.3 Å². The standard InChI is InChI=1S/C8H14N2O2S2.ClH/c1-8(2,9)6-10-14(11,12)7-4-3-5-13-7;/h3-5,10H,6,9H2,1-2H3;1H. The van der Waals surface area contributed by atoms with Crippen molar-refractivity contribution in [1.29, 1.82) is 0 Å². The van der Waals surface area contributed by atoms with Gasteiger partial charge in [-0.15, -0.1) is 23.7 Å². The van der Waals surface area contributed by atoms with Gasteiger partial charge in [-0.1, -0.05) is 6.07 Å². The lowest BCUT2D eigenvalue weighted by molar-refractivity contribution is 0.498. The number of halogens is 1. The average Bonchev–Trinajstić information content (AvgIpc) is 2.52. The molecule has 0 aliphatic heterocycles. The molecule has 0 spiro atoms. The molecule has 0 saturated carbocycles. The van der Waals surface area contributed by atoms with E-state index in [2.05, 4.69) is 4.72 Å². The third-order valence-electron chi connectivity index (χ3n) is 1.48. The predicted molar refractivity (Wildman–Crippen MR) is 65.0 cm³/mol. The van der Waals surface area contributed by atoms with E-state index in [4.69, 9.17) is 5.73 Å². The molecule has 15 heavy (non-hydrogen) atoms. The van der Waals surface area contributed by atoms with Crippen LogP contribution in [-0.4, -0.2) is 20.5 Å². The van der Waals surface area contributed by atoms with Crippen molar-refractivity contribution in [2.45, 2.75) is 23.6 Å². The Bertz CT molecular complexity index is 381. The highest BCUT2D eigenvalue weighted by atomic mass is 35.5. The van der Waals surface area contributed by atoms with Gasteiger partial charge in [0.15, 0.2) is 0 Å². The molecule has 0 aromatic carbocycles. The first-order chi connectivity index (χ1) is 6.31. The molecule has 1 aromatic heterocycles. The number of nitrogens with one attached hydrogen (secondary N) is 1. The van der Waals surface area contributed by atoms with Crippen molar-refractivity contribution >= 4 is 33.8 Å². The maximum atomic E-state index is 11.6. The van der Waals surface area contributed by atoms with E-state index in [0.29, 0.717) is 4.21 Å². The molecule has 1 heterocycles. The minimum atomic E-state index is -3.36. The molecule has 0 atom stereocenters. The number of rotatable bonds is 4. The van der Waals surface area contributed by atoms with Gasteiger partial charge in [0.25, 0.3) is 0 Å². The minimum Gasteiger partial charge on any atom is -0.324 e. The lowest BCUT2D eigenvalue weighted by Crippen LogP contribution is -2.44. The van der Waals surface area contributed by atoms with Crippen LogP contribution in [-0.2, 0) is 10.0 Å². The van der Waals surface area contributed by atoms with E-state index >= 15 is 0 Å². The third-order valence-corrected chi connectivity index (χ3v) is 4.28. The van der Waals surface area contributed by atoms with Crippen LogP contribution in [0.4, 0.5) is 0 Å². The summed E-state index contributed by atoms with van der Waals surface area (Å²) in [4.78, 5) is 0. The molecule has 1 rings (SSSR count). The van der Waals surface area contributed by atoms with Crippen LogP contribution in [0.1, 0.15) is 13.8 Å². The van der Waals surface area contributed by atoms with Crippen LogP contribution in [0.3, 0.4) is 0 Å². The zero-order chi connectivity index (χ0) is 10.8. The Balaban J connectivity index is 0.00000196. The lowest BCUT2D eigenvalue weighted by atomic mass is 10.1. The fraction of sp³-hybridized carbons (Fsp3) is 0.500. The Kier molecular flexibility index (Phi) is 5.22. The Morgan fingerprint density at radius 3 is 2.53 bits per heavy atom. The van der Waals surface area contributed by atoms with Crippen LogP contribution < -0.4 is 10.5 Å². The number of sulfonamides is 1. The summed E-state index contributed by atoms with van der Waals surface area (Å²) < 4.78 is 25.9. The molecule has 0 aliphatic rings. The van der Waals surface area contributed by atoms with E-state index in [1.54, 1.807) is 31.4 Å². The van der Waals surface area contributed by atoms with Gasteiger partial charge in [0, 0.05) is 12.1 Å². The second-order valence-electron chi connectivity index (χ2n) is 3.75. The van der Waals surface area contributed by atoms with Gasteiger partial charge in [0.2, 0.25) is 10.0 Å². The highest BCUT2D eigenvalue weighted by Crippen LogP contribution is 2.15. The Morgan fingerprint density at radius 1 is 1.53 bits per heavy atom. The maximum Gasteiger partial charge on any atom is 0.250 e. The molecular formula is C8H15ClN2O2S2. The topological polar surface area (TPSA) is 72.2 Å². The van der Waals surface area contributed by atoms with Gasteiger partial charge in [0.05, 0.1) is 0 Å². The molecule has 7 heteroatoms. The normalized spacial score (nSPS) is 12.2. The Labute approximate surface area is 100 Å². The van der Waals surface area contributed by atoms with E-state index < -0.39 is 15.6 Å². The molecule has 1 aromatic rings. The zero-order valence-corrected chi connectivity index (χ0v) is 11.0. The molecule has 0 fully saturated rings. The fourth-order valence-corrected chi connectivity index (χ4v) is 3.03. The molecule has 0 bridgehead atoms. The average molecular weight is 271 g/mol. The molecule has 3 N–H and O–H groups in total. The second kappa shape index (κ2) is 5.27. The zero-order valence-electron chi connectivity index (χ0n) is 8.56. The third kappa shape index (κ3) is 4.94. The first kappa shape index (κ1) is 14.9. The fourth-order valence-electron chi connectivity index (χ4n) is 0.769. The van der Waals surface area contributed by atoms with Crippen LogP contribution >= 0.6 is 23.7 Å². The highest BCUT2D eigenvalue weighted by molar-refractivity contribution is 7.91. The first-order valence-corrected chi connectivity index (χ1v) is 6.50. The first-order valence-electron chi connectivity index (χ1n) is 4.13. The van der Waals surface area contributed by atoms with Crippen LogP contribution in [0.2, 0.25) is 0 Å². The minimum absolute atomic E-state index is 0. The van der Waals surface area contributed by atoms with E-state index in [9.17, 15) is 8.42 Å². The molecule has 0 unspecified atom stereocenters. The van der Waals surface area contributed by atoms with Crippen molar-refractivity contribution < 1.29 is 8.42 Å². The summed E-state index contributed by atoms with van der Waals surface area (Å²) in [6, 6.07) is 3.27. The van der Waals surface area contributed by atoms with Crippen molar-refractivity contribution in [1.82, 2.24) is 4.72 Å². The van der Waals surface area contributed by atoms with Gasteiger partial charge in [0.1, 0.15) is 4.21 Å². The van der Waals surface area contributed by atoms with Crippen LogP contribution in [0.15, 0.2) is 21.7 Å². The molecule has 0 amide bonds. The molecule has 0 radical (unpaired) electrons. The van der Waals surface area contributed by atoms with Gasteiger partial charge in [-0.3, -0.25) is 0 Å². The number of hydrogen-bond donors (Lipinski definition) is 2. The molecule has 0 saturated heterocycles. The SMILES string of the molecule is CC(C)(N)CNS(=O)(=O)c1cccs1.Cl. The van der Waals surface area contributed by atoms with Crippen molar-refractivity contribution in [3.63, 3.8) is 0 Å². The highest BCUT2D eigenvalue weighted by Gasteiger charge is 2.18. The largest absolute Gasteiger partial charge is 0.324 e.